The maximum absolute atomic E-state index is 15.4. The van der Waals surface area contributed by atoms with E-state index in [0.29, 0.717) is 0 Å². The highest BCUT2D eigenvalue weighted by molar-refractivity contribution is 5.94. The Bertz CT molecular complexity index is 2190. The van der Waals surface area contributed by atoms with Gasteiger partial charge in [-0.3, -0.25) is 14.4 Å². The summed E-state index contributed by atoms with van der Waals surface area (Å²) < 4.78 is 45.8. The molecule has 2 heterocycles. The Kier molecular flexibility index (Phi) is 13.0. The number of carbonyl (C=O) groups excluding carboxylic acids is 7. The zero-order chi connectivity index (χ0) is 47.3. The van der Waals surface area contributed by atoms with Gasteiger partial charge in [0.1, 0.15) is 53.5 Å². The first kappa shape index (κ1) is 47.8. The van der Waals surface area contributed by atoms with Gasteiger partial charge in [0.05, 0.1) is 29.8 Å². The van der Waals surface area contributed by atoms with Crippen molar-refractivity contribution in [3.63, 3.8) is 0 Å². The monoisotopic (exact) mass is 897 g/mol. The van der Waals surface area contributed by atoms with E-state index < -0.39 is 138 Å². The number of rotatable bonds is 11. The average Bonchev–Trinajstić information content (AvgIpc) is 3.74. The minimum Gasteiger partial charge on any atom is -0.467 e. The summed E-state index contributed by atoms with van der Waals surface area (Å²) >= 11 is 0. The van der Waals surface area contributed by atoms with Crippen molar-refractivity contribution < 1.29 is 86.5 Å². The number of benzene rings is 1. The number of hydrogen-bond acceptors (Lipinski definition) is 18. The van der Waals surface area contributed by atoms with Crippen molar-refractivity contribution in [2.24, 2.45) is 16.7 Å². The van der Waals surface area contributed by atoms with Gasteiger partial charge in [-0.15, -0.1) is 0 Å². The molecule has 1 amide bonds. The summed E-state index contributed by atoms with van der Waals surface area (Å²) in [5.74, 6) is -7.82. The molecule has 6 rings (SSSR count). The highest BCUT2D eigenvalue weighted by atomic mass is 16.6. The predicted molar refractivity (Wildman–Crippen MR) is 216 cm³/mol. The number of ketones is 1. The molecule has 64 heavy (non-hydrogen) atoms. The molecule has 1 aliphatic heterocycles. The van der Waals surface area contributed by atoms with Crippen LogP contribution >= 0.6 is 0 Å². The molecule has 0 radical (unpaired) electrons. The third-order valence-corrected chi connectivity index (χ3v) is 12.9. The van der Waals surface area contributed by atoms with E-state index in [1.165, 1.54) is 58.2 Å². The van der Waals surface area contributed by atoms with Crippen molar-refractivity contribution in [1.29, 1.82) is 0 Å². The summed E-state index contributed by atoms with van der Waals surface area (Å²) in [7, 11) is 0. The van der Waals surface area contributed by atoms with Gasteiger partial charge in [0.25, 0.3) is 0 Å². The van der Waals surface area contributed by atoms with Crippen LogP contribution in [-0.2, 0) is 57.1 Å². The number of Topliss-reactive ketones (excluding diaryl/α,β-unsaturated/α-hetero) is 1. The van der Waals surface area contributed by atoms with Crippen molar-refractivity contribution in [2.75, 3.05) is 13.2 Å². The molecule has 4 N–H and O–H groups in total. The Labute approximate surface area is 368 Å². The zero-order valence-electron chi connectivity index (χ0n) is 37.0. The maximum atomic E-state index is 15.4. The Morgan fingerprint density at radius 3 is 2.19 bits per heavy atom. The van der Waals surface area contributed by atoms with E-state index in [4.69, 9.17) is 37.6 Å². The summed E-state index contributed by atoms with van der Waals surface area (Å²) in [4.78, 5) is 94.8. The van der Waals surface area contributed by atoms with E-state index in [1.807, 2.05) is 0 Å². The number of hydrogen-bond donors (Lipinski definition) is 4. The van der Waals surface area contributed by atoms with Crippen LogP contribution in [0.2, 0.25) is 0 Å². The van der Waals surface area contributed by atoms with Gasteiger partial charge in [0.2, 0.25) is 0 Å². The van der Waals surface area contributed by atoms with E-state index >= 15 is 4.79 Å². The second-order valence-electron chi connectivity index (χ2n) is 18.4. The first-order chi connectivity index (χ1) is 29.8. The Hall–Kier alpha value is -5.63. The standard InChI is InChI=1S/C45H55NO18/c1-22-27(60-39(54)34(51)32(26-16-13-17-57-26)46-40(55)64-41(4,5)6)19-45(56)37(62-38(53)25-14-11-10-12-15-25)35-43(9,36(52)33(50)31(22)42(45,7)8)28(61-30(49)20-58-23(2)47)18-29-44(35,21-59-29)63-24(3)48/h10-17,27-29,32-35,37,50-51,56H,18-21H2,1-9H3,(H,46,55)/t27-,28-,29+,32-,33+,34+,35?,37?,43+,44-,45+/m0/s1. The predicted octanol–water partition coefficient (Wildman–Crippen LogP) is 2.97. The molecular weight excluding hydrogens is 842 g/mol. The third kappa shape index (κ3) is 8.53. The van der Waals surface area contributed by atoms with Gasteiger partial charge in [-0.2, -0.15) is 0 Å². The van der Waals surface area contributed by atoms with Gasteiger partial charge in [0, 0.05) is 32.1 Å². The van der Waals surface area contributed by atoms with Gasteiger partial charge < -0.3 is 58.2 Å². The van der Waals surface area contributed by atoms with Gasteiger partial charge >= 0.3 is 35.9 Å². The van der Waals surface area contributed by atoms with Crippen molar-refractivity contribution in [3.8, 4) is 0 Å². The minimum absolute atomic E-state index is 0.0115. The second-order valence-corrected chi connectivity index (χ2v) is 18.4. The number of aliphatic hydroxyl groups excluding tert-OH is 2. The highest BCUT2D eigenvalue weighted by Crippen LogP contribution is 2.64. The molecule has 2 unspecified atom stereocenters. The molecular formula is C45H55NO18. The number of ether oxygens (including phenoxy) is 7. The van der Waals surface area contributed by atoms with Crippen LogP contribution in [0.3, 0.4) is 0 Å². The minimum atomic E-state index is -2.48. The number of aliphatic hydroxyl groups is 3. The lowest BCUT2D eigenvalue weighted by molar-refractivity contribution is -0.346. The summed E-state index contributed by atoms with van der Waals surface area (Å²) in [5.41, 5.74) is -9.33. The Morgan fingerprint density at radius 2 is 1.62 bits per heavy atom. The summed E-state index contributed by atoms with van der Waals surface area (Å²) in [6, 6.07) is 8.94. The maximum Gasteiger partial charge on any atom is 0.408 e. The van der Waals surface area contributed by atoms with Gasteiger partial charge in [0.15, 0.2) is 24.1 Å². The van der Waals surface area contributed by atoms with Gasteiger partial charge in [-0.1, -0.05) is 32.0 Å². The molecule has 3 fully saturated rings. The lowest BCUT2D eigenvalue weighted by atomic mass is 9.44. The van der Waals surface area contributed by atoms with Crippen LogP contribution in [0.1, 0.15) is 97.3 Å². The molecule has 19 nitrogen and oxygen atoms in total. The van der Waals surface area contributed by atoms with Gasteiger partial charge in [-0.25, -0.2) is 19.2 Å². The van der Waals surface area contributed by atoms with E-state index in [9.17, 15) is 44.1 Å². The number of amides is 1. The first-order valence-corrected chi connectivity index (χ1v) is 20.8. The molecule has 1 aromatic heterocycles. The molecule has 0 spiro atoms. The fourth-order valence-electron chi connectivity index (χ4n) is 9.83. The number of nitrogens with one attached hydrogen (secondary N) is 1. The first-order valence-electron chi connectivity index (χ1n) is 20.8. The molecule has 2 saturated carbocycles. The van der Waals surface area contributed by atoms with Crippen LogP contribution in [0.15, 0.2) is 64.3 Å². The fraction of sp³-hybridized carbons (Fsp3) is 0.578. The zero-order valence-corrected chi connectivity index (χ0v) is 37.0. The second kappa shape index (κ2) is 17.4. The number of fused-ring (bicyclic) bond motifs is 5. The number of esters is 5. The lowest BCUT2D eigenvalue weighted by Gasteiger charge is -2.67. The quantitative estimate of drug-likeness (QED) is 0.143. The molecule has 2 bridgehead atoms. The van der Waals surface area contributed by atoms with Gasteiger partial charge in [-0.05, 0) is 70.0 Å². The molecule has 2 aromatic rings. The molecule has 4 aliphatic rings. The van der Waals surface area contributed by atoms with E-state index in [2.05, 4.69) is 5.32 Å². The molecule has 1 saturated heterocycles. The Balaban J connectivity index is 1.52. The van der Waals surface area contributed by atoms with Crippen LogP contribution in [-0.4, -0.2) is 124 Å². The van der Waals surface area contributed by atoms with Crippen molar-refractivity contribution in [3.05, 3.63) is 71.2 Å². The van der Waals surface area contributed by atoms with Crippen LogP contribution < -0.4 is 5.32 Å². The Morgan fingerprint density at radius 1 is 0.953 bits per heavy atom. The van der Waals surface area contributed by atoms with Crippen LogP contribution in [0.5, 0.6) is 0 Å². The summed E-state index contributed by atoms with van der Waals surface area (Å²) in [6.07, 6.45) is -11.2. The largest absolute Gasteiger partial charge is 0.467 e. The summed E-state index contributed by atoms with van der Waals surface area (Å²) in [5, 5.41) is 40.1. The molecule has 11 atom stereocenters. The van der Waals surface area contributed by atoms with Crippen LogP contribution in [0.25, 0.3) is 0 Å². The topological polar surface area (TPSA) is 270 Å². The molecule has 1 aromatic carbocycles. The molecule has 19 heteroatoms. The third-order valence-electron chi connectivity index (χ3n) is 12.9. The van der Waals surface area contributed by atoms with Crippen molar-refractivity contribution >= 4 is 41.7 Å². The van der Waals surface area contributed by atoms with Crippen LogP contribution in [0, 0.1) is 16.7 Å². The summed E-state index contributed by atoms with van der Waals surface area (Å²) in [6.45, 7) is 11.5. The van der Waals surface area contributed by atoms with Crippen molar-refractivity contribution in [2.45, 2.75) is 135 Å². The van der Waals surface area contributed by atoms with E-state index in [0.717, 1.165) is 13.8 Å². The van der Waals surface area contributed by atoms with Crippen molar-refractivity contribution in [1.82, 2.24) is 5.32 Å². The van der Waals surface area contributed by atoms with E-state index in [-0.39, 0.29) is 28.9 Å². The highest BCUT2D eigenvalue weighted by Gasteiger charge is 2.78. The molecule has 3 aliphatic carbocycles. The molecule has 348 valence electrons. The number of furan rings is 1. The lowest BCUT2D eigenvalue weighted by Crippen LogP contribution is -2.82. The normalized spacial score (nSPS) is 31.5. The van der Waals surface area contributed by atoms with Crippen LogP contribution in [0.4, 0.5) is 4.79 Å². The number of alkyl carbamates (subject to hydrolysis) is 1. The van der Waals surface area contributed by atoms with E-state index in [1.54, 1.807) is 39.0 Å². The SMILES string of the molecule is CC(=O)OCC(=O)O[C@H]1C[C@H]2OC[C@@]2(OC(C)=O)C2C(OC(=O)c3ccccc3)[C@]3(O)C[C@H](OC(=O)[C@H](O)[C@@H](NC(=O)OC(C)(C)C)c4ccco4)C(C)=C([C@@H](O)C(=O)[C@@]21C)C3(C)C. The smallest absolute Gasteiger partial charge is 0.408 e. The average molecular weight is 898 g/mol. The fourth-order valence-corrected chi connectivity index (χ4v) is 9.83. The number of carbonyl (C=O) groups is 7.